The molecule has 1 aliphatic carbocycles. The third-order valence-corrected chi connectivity index (χ3v) is 3.89. The van der Waals surface area contributed by atoms with Crippen LogP contribution in [-0.4, -0.2) is 17.2 Å². The molecule has 0 spiro atoms. The van der Waals surface area contributed by atoms with Crippen LogP contribution in [0.3, 0.4) is 0 Å². The van der Waals surface area contributed by atoms with Crippen LogP contribution in [0.25, 0.3) is 0 Å². The highest BCUT2D eigenvalue weighted by Crippen LogP contribution is 2.39. The molecule has 1 aromatic rings. The molecule has 2 bridgehead atoms. The van der Waals surface area contributed by atoms with Crippen LogP contribution in [0.15, 0.2) is 30.3 Å². The Morgan fingerprint density at radius 3 is 2.60 bits per heavy atom. The molecular formula is C13H17NO. The fourth-order valence-electron chi connectivity index (χ4n) is 3.11. The summed E-state index contributed by atoms with van der Waals surface area (Å²) in [6, 6.07) is 10.9. The second-order valence-corrected chi connectivity index (χ2v) is 4.82. The van der Waals surface area contributed by atoms with Gasteiger partial charge in [-0.15, -0.1) is 0 Å². The second-order valence-electron chi connectivity index (χ2n) is 4.82. The molecule has 0 amide bonds. The van der Waals surface area contributed by atoms with E-state index < -0.39 is 0 Å². The molecule has 80 valence electrons. The first-order valence-electron chi connectivity index (χ1n) is 5.83. The molecule has 1 aromatic carbocycles. The Bertz CT molecular complexity index is 338. The third-order valence-electron chi connectivity index (χ3n) is 3.89. The molecule has 0 radical (unpaired) electrons. The molecule has 2 N–H and O–H groups in total. The van der Waals surface area contributed by atoms with Crippen LogP contribution in [0.5, 0.6) is 0 Å². The van der Waals surface area contributed by atoms with Crippen LogP contribution in [0.1, 0.15) is 30.9 Å². The maximum atomic E-state index is 10.3. The average Bonchev–Trinajstić information content (AvgIpc) is 2.91. The van der Waals surface area contributed by atoms with Crippen molar-refractivity contribution in [3.8, 4) is 0 Å². The molecule has 1 saturated carbocycles. The number of benzene rings is 1. The van der Waals surface area contributed by atoms with Crippen molar-refractivity contribution in [1.82, 2.24) is 5.32 Å². The van der Waals surface area contributed by atoms with Gasteiger partial charge in [-0.25, -0.2) is 0 Å². The fraction of sp³-hybridized carbons (Fsp3) is 0.538. The highest BCUT2D eigenvalue weighted by molar-refractivity contribution is 5.20. The van der Waals surface area contributed by atoms with E-state index >= 15 is 0 Å². The first kappa shape index (κ1) is 9.37. The van der Waals surface area contributed by atoms with Gasteiger partial charge in [-0.3, -0.25) is 0 Å². The lowest BCUT2D eigenvalue weighted by Gasteiger charge is -2.28. The lowest BCUT2D eigenvalue weighted by atomic mass is 9.91. The van der Waals surface area contributed by atoms with E-state index in [4.69, 9.17) is 0 Å². The maximum absolute atomic E-state index is 10.3. The number of hydrogen-bond acceptors (Lipinski definition) is 2. The second kappa shape index (κ2) is 3.62. The van der Waals surface area contributed by atoms with Gasteiger partial charge in [-0.2, -0.15) is 0 Å². The molecule has 2 aliphatic rings. The molecule has 2 unspecified atom stereocenters. The van der Waals surface area contributed by atoms with E-state index in [1.54, 1.807) is 0 Å². The molecule has 1 heterocycles. The standard InChI is InChI=1S/C13H17NO/c15-13(9-4-2-1-3-5-9)12-10-6-7-11(8-10)14-12/h1-5,10-15H,6-8H2/t10?,11?,12-,13+/m0/s1. The summed E-state index contributed by atoms with van der Waals surface area (Å²) in [5.41, 5.74) is 1.04. The van der Waals surface area contributed by atoms with Crippen LogP contribution in [0, 0.1) is 5.92 Å². The number of fused-ring (bicyclic) bond motifs is 2. The van der Waals surface area contributed by atoms with Crippen LogP contribution in [-0.2, 0) is 0 Å². The molecule has 15 heavy (non-hydrogen) atoms. The highest BCUT2D eigenvalue weighted by atomic mass is 16.3. The molecule has 2 nitrogen and oxygen atoms in total. The van der Waals surface area contributed by atoms with E-state index in [1.807, 2.05) is 30.3 Å². The van der Waals surface area contributed by atoms with Crippen molar-refractivity contribution in [3.63, 3.8) is 0 Å². The first-order valence-corrected chi connectivity index (χ1v) is 5.83. The van der Waals surface area contributed by atoms with Gasteiger partial charge in [0, 0.05) is 12.1 Å². The molecule has 1 saturated heterocycles. The van der Waals surface area contributed by atoms with Gasteiger partial charge in [0.05, 0.1) is 6.10 Å². The molecule has 0 aromatic heterocycles. The number of rotatable bonds is 2. The van der Waals surface area contributed by atoms with Gasteiger partial charge in [-0.05, 0) is 30.7 Å². The predicted molar refractivity (Wildman–Crippen MR) is 59.5 cm³/mol. The number of hydrogen-bond donors (Lipinski definition) is 2. The molecule has 1 aliphatic heterocycles. The van der Waals surface area contributed by atoms with E-state index in [2.05, 4.69) is 5.32 Å². The average molecular weight is 203 g/mol. The SMILES string of the molecule is O[C@H](c1ccccc1)[C@H]1NC2CCC1C2. The summed E-state index contributed by atoms with van der Waals surface area (Å²) in [6.45, 7) is 0. The predicted octanol–water partition coefficient (Wildman–Crippen LogP) is 1.86. The summed E-state index contributed by atoms with van der Waals surface area (Å²) in [5, 5.41) is 13.8. The molecule has 4 atom stereocenters. The quantitative estimate of drug-likeness (QED) is 0.769. The number of aliphatic hydroxyl groups is 1. The summed E-state index contributed by atoms with van der Waals surface area (Å²) in [7, 11) is 0. The van der Waals surface area contributed by atoms with Crippen molar-refractivity contribution < 1.29 is 5.11 Å². The van der Waals surface area contributed by atoms with Gasteiger partial charge in [0.2, 0.25) is 0 Å². The molecule has 2 heteroatoms. The number of nitrogens with one attached hydrogen (secondary N) is 1. The zero-order valence-corrected chi connectivity index (χ0v) is 8.76. The summed E-state index contributed by atoms with van der Waals surface area (Å²) in [6.07, 6.45) is 3.50. The zero-order chi connectivity index (χ0) is 10.3. The number of piperidine rings is 1. The minimum atomic E-state index is -0.332. The summed E-state index contributed by atoms with van der Waals surface area (Å²) >= 11 is 0. The van der Waals surface area contributed by atoms with Gasteiger partial charge in [0.15, 0.2) is 0 Å². The van der Waals surface area contributed by atoms with Crippen molar-refractivity contribution >= 4 is 0 Å². The fourth-order valence-corrected chi connectivity index (χ4v) is 3.11. The van der Waals surface area contributed by atoms with E-state index in [1.165, 1.54) is 19.3 Å². The van der Waals surface area contributed by atoms with Crippen molar-refractivity contribution in [2.75, 3.05) is 0 Å². The van der Waals surface area contributed by atoms with Crippen LogP contribution >= 0.6 is 0 Å². The van der Waals surface area contributed by atoms with Crippen molar-refractivity contribution in [2.45, 2.75) is 37.5 Å². The normalized spacial score (nSPS) is 35.7. The smallest absolute Gasteiger partial charge is 0.0945 e. The number of aliphatic hydroxyl groups excluding tert-OH is 1. The van der Waals surface area contributed by atoms with E-state index in [9.17, 15) is 5.11 Å². The van der Waals surface area contributed by atoms with E-state index in [0.717, 1.165) is 5.56 Å². The maximum Gasteiger partial charge on any atom is 0.0945 e. The van der Waals surface area contributed by atoms with Gasteiger partial charge >= 0.3 is 0 Å². The largest absolute Gasteiger partial charge is 0.387 e. The van der Waals surface area contributed by atoms with Crippen LogP contribution in [0.2, 0.25) is 0 Å². The lowest BCUT2D eigenvalue weighted by molar-refractivity contribution is 0.106. The Labute approximate surface area is 90.3 Å². The van der Waals surface area contributed by atoms with Gasteiger partial charge in [0.1, 0.15) is 0 Å². The van der Waals surface area contributed by atoms with Gasteiger partial charge < -0.3 is 10.4 Å². The van der Waals surface area contributed by atoms with Crippen molar-refractivity contribution in [2.24, 2.45) is 5.92 Å². The molecule has 3 rings (SSSR count). The summed E-state index contributed by atoms with van der Waals surface area (Å²) in [5.74, 6) is 0.685. The Balaban J connectivity index is 1.78. The monoisotopic (exact) mass is 203 g/mol. The molecular weight excluding hydrogens is 186 g/mol. The zero-order valence-electron chi connectivity index (χ0n) is 8.76. The first-order chi connectivity index (χ1) is 7.34. The summed E-state index contributed by atoms with van der Waals surface area (Å²) < 4.78 is 0. The minimum absolute atomic E-state index is 0.283. The van der Waals surface area contributed by atoms with Crippen LogP contribution < -0.4 is 5.32 Å². The highest BCUT2D eigenvalue weighted by Gasteiger charge is 2.42. The Kier molecular flexibility index (Phi) is 2.26. The van der Waals surface area contributed by atoms with Crippen LogP contribution in [0.4, 0.5) is 0 Å². The van der Waals surface area contributed by atoms with Crippen molar-refractivity contribution in [1.29, 1.82) is 0 Å². The Morgan fingerprint density at radius 2 is 2.00 bits per heavy atom. The van der Waals surface area contributed by atoms with E-state index in [-0.39, 0.29) is 12.1 Å². The topological polar surface area (TPSA) is 32.3 Å². The molecule has 2 fully saturated rings. The lowest BCUT2D eigenvalue weighted by Crippen LogP contribution is -2.40. The minimum Gasteiger partial charge on any atom is -0.387 e. The Hall–Kier alpha value is -0.860. The van der Waals surface area contributed by atoms with Crippen molar-refractivity contribution in [3.05, 3.63) is 35.9 Å². The third kappa shape index (κ3) is 1.58. The van der Waals surface area contributed by atoms with E-state index in [0.29, 0.717) is 12.0 Å². The summed E-state index contributed by atoms with van der Waals surface area (Å²) in [4.78, 5) is 0. The van der Waals surface area contributed by atoms with Gasteiger partial charge in [-0.1, -0.05) is 30.3 Å². The Morgan fingerprint density at radius 1 is 1.20 bits per heavy atom. The van der Waals surface area contributed by atoms with Gasteiger partial charge in [0.25, 0.3) is 0 Å².